The van der Waals surface area contributed by atoms with Gasteiger partial charge in [-0.05, 0) is 53.6 Å². The van der Waals surface area contributed by atoms with Crippen molar-refractivity contribution in [2.24, 2.45) is 0 Å². The van der Waals surface area contributed by atoms with Gasteiger partial charge in [-0.15, -0.1) is 5.10 Å². The molecule has 3 aromatic rings. The number of ketones is 1. The van der Waals surface area contributed by atoms with Crippen molar-refractivity contribution in [2.75, 3.05) is 12.4 Å². The predicted octanol–water partition coefficient (Wildman–Crippen LogP) is 3.45. The topological polar surface area (TPSA) is 87.0 Å². The van der Waals surface area contributed by atoms with E-state index in [1.54, 1.807) is 28.9 Å². The van der Waals surface area contributed by atoms with Crippen LogP contribution in [0.1, 0.15) is 21.5 Å². The number of ether oxygens (including phenoxy) is 1. The van der Waals surface area contributed by atoms with Crippen molar-refractivity contribution in [3.8, 4) is 5.69 Å². The van der Waals surface area contributed by atoms with E-state index in [1.807, 2.05) is 32.0 Å². The van der Waals surface area contributed by atoms with Crippen molar-refractivity contribution in [3.63, 3.8) is 0 Å². The monoisotopic (exact) mass is 416 g/mol. The van der Waals surface area contributed by atoms with E-state index in [9.17, 15) is 9.59 Å². The van der Waals surface area contributed by atoms with E-state index in [-0.39, 0.29) is 18.1 Å². The number of carbonyl (C=O) groups is 2. The van der Waals surface area contributed by atoms with E-state index in [0.29, 0.717) is 15.7 Å². The number of aryl methyl sites for hydroxylation is 2. The van der Waals surface area contributed by atoms with Gasteiger partial charge in [0.1, 0.15) is 0 Å². The van der Waals surface area contributed by atoms with Crippen LogP contribution in [0.4, 0.5) is 0 Å². The zero-order valence-electron chi connectivity index (χ0n) is 15.3. The average Bonchev–Trinajstić information content (AvgIpc) is 3.15. The third-order valence-electron chi connectivity index (χ3n) is 3.89. The summed E-state index contributed by atoms with van der Waals surface area (Å²) in [6.45, 7) is 3.57. The highest BCUT2D eigenvalue weighted by atomic mass is 35.5. The van der Waals surface area contributed by atoms with Crippen LogP contribution in [0, 0.1) is 13.8 Å². The lowest BCUT2D eigenvalue weighted by molar-refractivity contribution is -0.139. The molecule has 0 unspecified atom stereocenters. The molecule has 0 saturated heterocycles. The number of carbonyl (C=O) groups excluding carboxylic acids is 2. The van der Waals surface area contributed by atoms with Gasteiger partial charge in [-0.2, -0.15) is 4.68 Å². The summed E-state index contributed by atoms with van der Waals surface area (Å²) in [5, 5.41) is 12.4. The molecule has 0 spiro atoms. The number of tetrazole rings is 1. The Balaban J connectivity index is 1.59. The maximum absolute atomic E-state index is 12.1. The molecule has 3 rings (SSSR count). The molecule has 0 aliphatic rings. The van der Waals surface area contributed by atoms with Crippen LogP contribution in [0.15, 0.2) is 47.6 Å². The van der Waals surface area contributed by atoms with Gasteiger partial charge in [0.2, 0.25) is 10.9 Å². The molecule has 0 N–H and O–H groups in total. The number of nitrogens with zero attached hydrogens (tertiary/aromatic N) is 4. The predicted molar refractivity (Wildman–Crippen MR) is 106 cm³/mol. The zero-order chi connectivity index (χ0) is 20.1. The van der Waals surface area contributed by atoms with E-state index in [2.05, 4.69) is 15.5 Å². The summed E-state index contributed by atoms with van der Waals surface area (Å²) in [4.78, 5) is 24.1. The Bertz CT molecular complexity index is 1020. The van der Waals surface area contributed by atoms with Gasteiger partial charge in [0, 0.05) is 5.56 Å². The highest BCUT2D eigenvalue weighted by Gasteiger charge is 2.16. The molecule has 0 aliphatic heterocycles. The van der Waals surface area contributed by atoms with E-state index < -0.39 is 5.97 Å². The summed E-state index contributed by atoms with van der Waals surface area (Å²) in [6.07, 6.45) is 0. The molecular weight excluding hydrogens is 400 g/mol. The van der Waals surface area contributed by atoms with Gasteiger partial charge in [0.05, 0.1) is 16.5 Å². The third-order valence-corrected chi connectivity index (χ3v) is 5.11. The number of halogens is 1. The lowest BCUT2D eigenvalue weighted by Gasteiger charge is -2.08. The SMILES string of the molecule is Cc1ccc(C)c(-n2nnnc2SCC(=O)OCC(=O)c2ccccc2Cl)c1. The number of hydrogen-bond donors (Lipinski definition) is 0. The molecule has 0 aliphatic carbocycles. The van der Waals surface area contributed by atoms with Gasteiger partial charge >= 0.3 is 5.97 Å². The van der Waals surface area contributed by atoms with E-state index in [4.69, 9.17) is 16.3 Å². The van der Waals surface area contributed by atoms with Crippen LogP contribution in [-0.4, -0.2) is 44.3 Å². The summed E-state index contributed by atoms with van der Waals surface area (Å²) in [5.41, 5.74) is 3.25. The Morgan fingerprint density at radius 3 is 2.75 bits per heavy atom. The van der Waals surface area contributed by atoms with Gasteiger partial charge in [-0.25, -0.2) is 0 Å². The number of benzene rings is 2. The smallest absolute Gasteiger partial charge is 0.316 e. The minimum Gasteiger partial charge on any atom is -0.457 e. The highest BCUT2D eigenvalue weighted by Crippen LogP contribution is 2.22. The van der Waals surface area contributed by atoms with Gasteiger partial charge in [0.25, 0.3) is 0 Å². The van der Waals surface area contributed by atoms with Crippen LogP contribution in [-0.2, 0) is 9.53 Å². The van der Waals surface area contributed by atoms with Gasteiger partial charge < -0.3 is 4.74 Å². The largest absolute Gasteiger partial charge is 0.457 e. The molecule has 144 valence electrons. The summed E-state index contributed by atoms with van der Waals surface area (Å²) in [5.74, 6) is -0.925. The molecule has 0 bridgehead atoms. The standard InChI is InChI=1S/C19H17ClN4O3S/c1-12-7-8-13(2)16(9-12)24-19(21-22-23-24)28-11-18(26)27-10-17(25)14-5-3-4-6-15(14)20/h3-9H,10-11H2,1-2H3. The van der Waals surface area contributed by atoms with Crippen molar-refractivity contribution in [1.29, 1.82) is 0 Å². The van der Waals surface area contributed by atoms with Crippen LogP contribution in [0.25, 0.3) is 5.69 Å². The molecule has 0 saturated carbocycles. The second kappa shape index (κ2) is 8.99. The molecule has 0 amide bonds. The Hall–Kier alpha value is -2.71. The molecule has 7 nitrogen and oxygen atoms in total. The minimum atomic E-state index is -0.541. The van der Waals surface area contributed by atoms with Crippen LogP contribution < -0.4 is 0 Å². The Kier molecular flexibility index (Phi) is 6.43. The Morgan fingerprint density at radius 1 is 1.18 bits per heavy atom. The van der Waals surface area contributed by atoms with E-state index in [1.165, 1.54) is 0 Å². The van der Waals surface area contributed by atoms with Gasteiger partial charge in [-0.1, -0.05) is 47.6 Å². The van der Waals surface area contributed by atoms with Crippen molar-refractivity contribution < 1.29 is 14.3 Å². The maximum Gasteiger partial charge on any atom is 0.316 e. The molecule has 9 heteroatoms. The molecule has 0 atom stereocenters. The fourth-order valence-electron chi connectivity index (χ4n) is 2.44. The van der Waals surface area contributed by atoms with Crippen molar-refractivity contribution in [3.05, 3.63) is 64.2 Å². The number of Topliss-reactive ketones (excluding diaryl/α,β-unsaturated/α-hetero) is 1. The number of esters is 1. The first-order valence-corrected chi connectivity index (χ1v) is 9.74. The van der Waals surface area contributed by atoms with Crippen LogP contribution in [0.3, 0.4) is 0 Å². The summed E-state index contributed by atoms with van der Waals surface area (Å²) < 4.78 is 6.63. The number of aromatic nitrogens is 4. The molecule has 0 fully saturated rings. The molecule has 0 radical (unpaired) electrons. The van der Waals surface area contributed by atoms with Gasteiger partial charge in [0.15, 0.2) is 6.61 Å². The summed E-state index contributed by atoms with van der Waals surface area (Å²) >= 11 is 7.11. The average molecular weight is 417 g/mol. The second-order valence-corrected chi connectivity index (χ2v) is 7.37. The van der Waals surface area contributed by atoms with E-state index >= 15 is 0 Å². The van der Waals surface area contributed by atoms with Crippen molar-refractivity contribution >= 4 is 35.1 Å². The van der Waals surface area contributed by atoms with E-state index in [0.717, 1.165) is 28.6 Å². The molecule has 28 heavy (non-hydrogen) atoms. The first-order valence-electron chi connectivity index (χ1n) is 8.38. The summed E-state index contributed by atoms with van der Waals surface area (Å²) in [6, 6.07) is 12.6. The zero-order valence-corrected chi connectivity index (χ0v) is 16.8. The summed E-state index contributed by atoms with van der Waals surface area (Å²) in [7, 11) is 0. The number of hydrogen-bond acceptors (Lipinski definition) is 7. The Labute approximate surface area is 171 Å². The molecule has 1 heterocycles. The highest BCUT2D eigenvalue weighted by molar-refractivity contribution is 7.99. The number of thioether (sulfide) groups is 1. The van der Waals surface area contributed by atoms with Crippen molar-refractivity contribution in [2.45, 2.75) is 19.0 Å². The normalized spacial score (nSPS) is 10.7. The first-order chi connectivity index (χ1) is 13.5. The Morgan fingerprint density at radius 2 is 1.96 bits per heavy atom. The van der Waals surface area contributed by atoms with Crippen molar-refractivity contribution in [1.82, 2.24) is 20.2 Å². The molecule has 2 aromatic carbocycles. The molecule has 1 aromatic heterocycles. The second-order valence-electron chi connectivity index (χ2n) is 6.02. The lowest BCUT2D eigenvalue weighted by Crippen LogP contribution is -2.16. The van der Waals surface area contributed by atoms with Crippen LogP contribution in [0.2, 0.25) is 5.02 Å². The minimum absolute atomic E-state index is 0.0267. The number of rotatable bonds is 7. The van der Waals surface area contributed by atoms with Crippen LogP contribution in [0.5, 0.6) is 0 Å². The molecular formula is C19H17ClN4O3S. The maximum atomic E-state index is 12.1. The third kappa shape index (κ3) is 4.76. The van der Waals surface area contributed by atoms with Gasteiger partial charge in [-0.3, -0.25) is 9.59 Å². The quantitative estimate of drug-likeness (QED) is 0.331. The first kappa shape index (κ1) is 20.0. The lowest BCUT2D eigenvalue weighted by atomic mass is 10.1. The van der Waals surface area contributed by atoms with Crippen LogP contribution >= 0.6 is 23.4 Å². The fourth-order valence-corrected chi connectivity index (χ4v) is 3.37. The fraction of sp³-hybridized carbons (Fsp3) is 0.211.